The van der Waals surface area contributed by atoms with Gasteiger partial charge in [0.2, 0.25) is 5.95 Å². The van der Waals surface area contributed by atoms with Gasteiger partial charge < -0.3 is 35.6 Å². The molecule has 0 spiro atoms. The molecule has 2 aromatic carbocycles. The molecule has 0 radical (unpaired) electrons. The van der Waals surface area contributed by atoms with Crippen molar-refractivity contribution < 1.29 is 15.0 Å². The minimum Gasteiger partial charge on any atom is -0.388 e. The van der Waals surface area contributed by atoms with Crippen LogP contribution in [0.15, 0.2) is 91.5 Å². The van der Waals surface area contributed by atoms with Crippen LogP contribution in [0, 0.1) is 0 Å². The third-order valence-corrected chi connectivity index (χ3v) is 10.1. The summed E-state index contributed by atoms with van der Waals surface area (Å²) in [6, 6.07) is 22.6. The monoisotopic (exact) mass is 715 g/mol. The Morgan fingerprint density at radius 3 is 2.42 bits per heavy atom. The van der Waals surface area contributed by atoms with Gasteiger partial charge in [-0.3, -0.25) is 4.98 Å². The summed E-state index contributed by atoms with van der Waals surface area (Å²) < 4.78 is 1.82. The molecule has 2 fully saturated rings. The SMILES string of the molecule is CCc1nnn([C@H]2C[C@@H](n3cnc4c(NCC(c5ccccc5)c5ccccc5)nc(N5CCC(NC(=O)Nc6cccnc6)C5)nc43)[C@H](O)[C@@H]2O)n1. The minimum atomic E-state index is -1.14. The molecule has 53 heavy (non-hydrogen) atoms. The van der Waals surface area contributed by atoms with Gasteiger partial charge in [0.25, 0.3) is 0 Å². The first kappa shape index (κ1) is 34.1. The zero-order valence-corrected chi connectivity index (χ0v) is 29.1. The average molecular weight is 716 g/mol. The number of pyridine rings is 1. The molecule has 5 heterocycles. The molecule has 8 rings (SSSR count). The number of aliphatic hydroxyl groups excluding tert-OH is 2. The van der Waals surface area contributed by atoms with Gasteiger partial charge in [-0.2, -0.15) is 14.8 Å². The molecule has 2 aliphatic rings. The van der Waals surface area contributed by atoms with Gasteiger partial charge >= 0.3 is 6.03 Å². The number of tetrazole rings is 1. The van der Waals surface area contributed by atoms with Crippen LogP contribution in [-0.4, -0.2) is 98.8 Å². The van der Waals surface area contributed by atoms with Crippen molar-refractivity contribution in [1.29, 1.82) is 0 Å². The second kappa shape index (κ2) is 14.9. The number of carbonyl (C=O) groups excluding carboxylic acids is 1. The number of hydrogen-bond acceptors (Lipinski definition) is 12. The third-order valence-electron chi connectivity index (χ3n) is 10.1. The van der Waals surface area contributed by atoms with E-state index in [4.69, 9.17) is 15.0 Å². The zero-order valence-electron chi connectivity index (χ0n) is 29.1. The van der Waals surface area contributed by atoms with Crippen molar-refractivity contribution in [3.8, 4) is 0 Å². The lowest BCUT2D eigenvalue weighted by atomic mass is 9.91. The maximum Gasteiger partial charge on any atom is 0.319 e. The standard InChI is InChI=1S/C37H41N13O3/c1-2-30-45-47-50(46-30)29-18-28(32(51)33(29)52)49-22-40-31-34(39-20-27(23-10-5-3-6-11-23)24-12-7-4-8-13-24)43-36(44-35(31)49)48-17-15-26(21-48)42-37(53)41-25-14-9-16-38-19-25/h3-14,16,19,22,26-29,32-33,51-52H,2,15,17-18,20-21H2,1H3,(H,39,43,44)(H2,41,42,53)/t26?,28-,29+,32+,33-/m1/s1. The number of hydrogen-bond donors (Lipinski definition) is 5. The highest BCUT2D eigenvalue weighted by atomic mass is 16.3. The number of amides is 2. The van der Waals surface area contributed by atoms with Crippen molar-refractivity contribution in [2.24, 2.45) is 0 Å². The van der Waals surface area contributed by atoms with Crippen LogP contribution < -0.4 is 20.9 Å². The number of aryl methyl sites for hydroxylation is 1. The highest BCUT2D eigenvalue weighted by molar-refractivity contribution is 5.89. The lowest BCUT2D eigenvalue weighted by Crippen LogP contribution is -2.40. The Morgan fingerprint density at radius 2 is 1.72 bits per heavy atom. The van der Waals surface area contributed by atoms with Gasteiger partial charge in [0, 0.05) is 44.2 Å². The maximum atomic E-state index is 12.8. The van der Waals surface area contributed by atoms with E-state index >= 15 is 0 Å². The number of fused-ring (bicyclic) bond motifs is 1. The number of carbonyl (C=O) groups is 1. The molecule has 272 valence electrons. The van der Waals surface area contributed by atoms with E-state index in [0.29, 0.717) is 73.3 Å². The topological polar surface area (TPSA) is 197 Å². The van der Waals surface area contributed by atoms with Crippen LogP contribution in [0.25, 0.3) is 11.2 Å². The van der Waals surface area contributed by atoms with Crippen LogP contribution in [0.4, 0.5) is 22.2 Å². The van der Waals surface area contributed by atoms with Crippen LogP contribution in [0.2, 0.25) is 0 Å². The number of anilines is 3. The van der Waals surface area contributed by atoms with E-state index in [-0.39, 0.29) is 18.0 Å². The largest absolute Gasteiger partial charge is 0.388 e. The summed E-state index contributed by atoms with van der Waals surface area (Å²) in [5, 5.41) is 44.7. The quantitative estimate of drug-likeness (QED) is 0.131. The minimum absolute atomic E-state index is 0.0161. The summed E-state index contributed by atoms with van der Waals surface area (Å²) in [5.74, 6) is 1.59. The molecule has 4 aromatic heterocycles. The second-order valence-electron chi connectivity index (χ2n) is 13.5. The number of nitrogens with one attached hydrogen (secondary N) is 3. The molecule has 1 aliphatic carbocycles. The molecule has 1 aliphatic heterocycles. The van der Waals surface area contributed by atoms with Gasteiger partial charge in [-0.1, -0.05) is 67.6 Å². The fraction of sp³-hybridized carbons (Fsp3) is 0.351. The van der Waals surface area contributed by atoms with Crippen LogP contribution in [0.3, 0.4) is 0 Å². The van der Waals surface area contributed by atoms with Gasteiger partial charge in [-0.15, -0.1) is 10.2 Å². The van der Waals surface area contributed by atoms with Crippen molar-refractivity contribution in [1.82, 2.24) is 50.0 Å². The van der Waals surface area contributed by atoms with Gasteiger partial charge in [0.05, 0.1) is 24.3 Å². The van der Waals surface area contributed by atoms with Crippen molar-refractivity contribution in [2.75, 3.05) is 35.2 Å². The highest BCUT2D eigenvalue weighted by Gasteiger charge is 2.45. The Balaban J connectivity index is 1.10. The average Bonchev–Trinajstić information content (AvgIpc) is 4.00. The molecule has 16 heteroatoms. The van der Waals surface area contributed by atoms with Crippen molar-refractivity contribution in [3.05, 3.63) is 108 Å². The number of aromatic nitrogens is 9. The molecule has 5 N–H and O–H groups in total. The van der Waals surface area contributed by atoms with Gasteiger partial charge in [-0.05, 0) is 41.3 Å². The summed E-state index contributed by atoms with van der Waals surface area (Å²) in [7, 11) is 0. The first-order valence-electron chi connectivity index (χ1n) is 17.9. The summed E-state index contributed by atoms with van der Waals surface area (Å²) in [5.41, 5.74) is 3.96. The first-order chi connectivity index (χ1) is 25.9. The molecule has 2 amide bonds. The Labute approximate surface area is 305 Å². The van der Waals surface area contributed by atoms with Gasteiger partial charge in [0.15, 0.2) is 22.8 Å². The van der Waals surface area contributed by atoms with Crippen LogP contribution in [-0.2, 0) is 6.42 Å². The molecular formula is C37H41N13O3. The summed E-state index contributed by atoms with van der Waals surface area (Å²) in [4.78, 5) is 35.1. The number of urea groups is 1. The van der Waals surface area contributed by atoms with E-state index in [1.165, 1.54) is 4.80 Å². The Bertz CT molecular complexity index is 2110. The lowest BCUT2D eigenvalue weighted by molar-refractivity contribution is 0.00473. The Kier molecular flexibility index (Phi) is 9.60. The van der Waals surface area contributed by atoms with Gasteiger partial charge in [0.1, 0.15) is 18.2 Å². The molecule has 1 saturated carbocycles. The van der Waals surface area contributed by atoms with E-state index < -0.39 is 24.3 Å². The van der Waals surface area contributed by atoms with Crippen LogP contribution in [0.5, 0.6) is 0 Å². The molecule has 1 saturated heterocycles. The Morgan fingerprint density at radius 1 is 0.962 bits per heavy atom. The summed E-state index contributed by atoms with van der Waals surface area (Å²) >= 11 is 0. The van der Waals surface area contributed by atoms with Crippen LogP contribution >= 0.6 is 0 Å². The van der Waals surface area contributed by atoms with Crippen LogP contribution in [0.1, 0.15) is 54.7 Å². The first-order valence-corrected chi connectivity index (χ1v) is 17.9. The summed E-state index contributed by atoms with van der Waals surface area (Å²) in [6.45, 7) is 3.55. The number of imidazole rings is 1. The predicted molar refractivity (Wildman–Crippen MR) is 197 cm³/mol. The fourth-order valence-corrected chi connectivity index (χ4v) is 7.29. The Hall–Kier alpha value is -6.00. The zero-order chi connectivity index (χ0) is 36.3. The molecule has 0 bridgehead atoms. The molecule has 1 unspecified atom stereocenters. The van der Waals surface area contributed by atoms with Crippen molar-refractivity contribution >= 4 is 34.6 Å². The second-order valence-corrected chi connectivity index (χ2v) is 13.5. The number of benzene rings is 2. The molecule has 6 aromatic rings. The molecular weight excluding hydrogens is 674 g/mol. The number of aliphatic hydroxyl groups is 2. The highest BCUT2D eigenvalue weighted by Crippen LogP contribution is 2.40. The smallest absolute Gasteiger partial charge is 0.319 e. The van der Waals surface area contributed by atoms with E-state index in [0.717, 1.165) is 11.1 Å². The van der Waals surface area contributed by atoms with E-state index in [2.05, 4.69) is 60.6 Å². The fourth-order valence-electron chi connectivity index (χ4n) is 7.29. The predicted octanol–water partition coefficient (Wildman–Crippen LogP) is 3.32. The molecule has 16 nitrogen and oxygen atoms in total. The third kappa shape index (κ3) is 7.10. The van der Waals surface area contributed by atoms with Crippen molar-refractivity contribution in [2.45, 2.75) is 62.4 Å². The number of rotatable bonds is 11. The van der Waals surface area contributed by atoms with Gasteiger partial charge in [-0.25, -0.2) is 9.78 Å². The van der Waals surface area contributed by atoms with Crippen molar-refractivity contribution in [3.63, 3.8) is 0 Å². The lowest BCUT2D eigenvalue weighted by Gasteiger charge is -2.22. The molecule has 5 atom stereocenters. The normalized spacial score (nSPS) is 21.4. The maximum absolute atomic E-state index is 12.8. The van der Waals surface area contributed by atoms with E-state index in [9.17, 15) is 15.0 Å². The van der Waals surface area contributed by atoms with E-state index in [1.54, 1.807) is 30.9 Å². The summed E-state index contributed by atoms with van der Waals surface area (Å²) in [6.07, 6.45) is 4.25. The number of nitrogens with zero attached hydrogens (tertiary/aromatic N) is 10. The van der Waals surface area contributed by atoms with E-state index in [1.807, 2.05) is 52.8 Å².